The van der Waals surface area contributed by atoms with Crippen LogP contribution in [-0.4, -0.2) is 38.0 Å². The Hall–Kier alpha value is -4.69. The Kier molecular flexibility index (Phi) is 9.06. The second-order valence-electron chi connectivity index (χ2n) is 7.55. The third-order valence-corrected chi connectivity index (χ3v) is 6.29. The number of nitriles is 2. The second-order valence-corrected chi connectivity index (χ2v) is 8.64. The van der Waals surface area contributed by atoms with Gasteiger partial charge in [0.25, 0.3) is 0 Å². The maximum Gasteiger partial charge on any atom is 0.225 e. The number of nitrogens with two attached hydrogens (primary N) is 1. The van der Waals surface area contributed by atoms with Gasteiger partial charge < -0.3 is 25.3 Å². The minimum absolute atomic E-state index is 0.0200. The summed E-state index contributed by atoms with van der Waals surface area (Å²) >= 11 is 0.888. The van der Waals surface area contributed by atoms with E-state index in [0.717, 1.165) is 11.8 Å². The number of hydrogen-bond acceptors (Lipinski definition) is 9. The fourth-order valence-electron chi connectivity index (χ4n) is 3.54. The van der Waals surface area contributed by atoms with Crippen molar-refractivity contribution in [3.8, 4) is 40.5 Å². The number of nitrogens with one attached hydrogen (secondary N) is 1. The van der Waals surface area contributed by atoms with Crippen LogP contribution in [0.4, 0.5) is 29.1 Å². The van der Waals surface area contributed by atoms with E-state index < -0.39 is 41.3 Å². The summed E-state index contributed by atoms with van der Waals surface area (Å²) in [6, 6.07) is 6.97. The first-order valence-corrected chi connectivity index (χ1v) is 11.8. The highest BCUT2D eigenvalue weighted by molar-refractivity contribution is 7.99. The van der Waals surface area contributed by atoms with Gasteiger partial charge in [-0.1, -0.05) is 0 Å². The van der Waals surface area contributed by atoms with E-state index in [-0.39, 0.29) is 56.6 Å². The summed E-state index contributed by atoms with van der Waals surface area (Å²) in [7, 11) is 4.19. The highest BCUT2D eigenvalue weighted by Gasteiger charge is 2.24. The average molecular weight is 562 g/mol. The number of amides is 1. The van der Waals surface area contributed by atoms with Crippen molar-refractivity contribution in [2.75, 3.05) is 38.1 Å². The molecule has 202 valence electrons. The van der Waals surface area contributed by atoms with Crippen LogP contribution in [0.25, 0.3) is 11.1 Å². The Labute approximate surface area is 224 Å². The predicted octanol–water partition coefficient (Wildman–Crippen LogP) is 4.78. The fraction of sp³-hybridized carbons (Fsp3) is 0.200. The summed E-state index contributed by atoms with van der Waals surface area (Å²) in [5.74, 6) is -7.34. The number of carbonyl (C=O) groups excluding carboxylic acids is 1. The Morgan fingerprint density at radius 2 is 1.54 bits per heavy atom. The molecule has 0 aliphatic rings. The fourth-order valence-corrected chi connectivity index (χ4v) is 4.48. The molecule has 3 rings (SSSR count). The van der Waals surface area contributed by atoms with Crippen molar-refractivity contribution in [2.24, 2.45) is 0 Å². The van der Waals surface area contributed by atoms with Crippen LogP contribution in [0.3, 0.4) is 0 Å². The molecule has 0 bridgehead atoms. The molecule has 1 aromatic heterocycles. The van der Waals surface area contributed by atoms with Gasteiger partial charge in [-0.3, -0.25) is 4.79 Å². The van der Waals surface area contributed by atoms with Gasteiger partial charge in [0.1, 0.15) is 34.2 Å². The zero-order valence-electron chi connectivity index (χ0n) is 20.6. The minimum atomic E-state index is -1.75. The largest absolute Gasteiger partial charge is 0.493 e. The number of rotatable bonds is 9. The molecular weight excluding hydrogens is 542 g/mol. The maximum absolute atomic E-state index is 13.9. The van der Waals surface area contributed by atoms with Crippen molar-refractivity contribution in [3.63, 3.8) is 0 Å². The van der Waals surface area contributed by atoms with E-state index in [1.165, 1.54) is 33.5 Å². The van der Waals surface area contributed by atoms with Gasteiger partial charge in [0.15, 0.2) is 34.8 Å². The number of benzene rings is 2. The number of pyridine rings is 1. The minimum Gasteiger partial charge on any atom is -0.493 e. The van der Waals surface area contributed by atoms with E-state index in [1.54, 1.807) is 5.32 Å². The summed E-state index contributed by atoms with van der Waals surface area (Å²) in [4.78, 5) is 16.4. The lowest BCUT2D eigenvalue weighted by molar-refractivity contribution is -0.115. The van der Waals surface area contributed by atoms with Crippen molar-refractivity contribution in [3.05, 3.63) is 52.6 Å². The van der Waals surface area contributed by atoms with Crippen LogP contribution in [0, 0.1) is 45.9 Å². The lowest BCUT2D eigenvalue weighted by Gasteiger charge is -2.17. The third kappa shape index (κ3) is 5.76. The molecular formula is C25H19F4N5O4S. The molecule has 14 heteroatoms. The molecule has 0 aliphatic heterocycles. The van der Waals surface area contributed by atoms with Crippen LogP contribution in [0.5, 0.6) is 17.2 Å². The molecule has 9 nitrogen and oxygen atoms in total. The quantitative estimate of drug-likeness (QED) is 0.214. The Balaban J connectivity index is 1.95. The number of carbonyl (C=O) groups is 1. The molecule has 39 heavy (non-hydrogen) atoms. The van der Waals surface area contributed by atoms with Crippen LogP contribution in [0.2, 0.25) is 0 Å². The van der Waals surface area contributed by atoms with Crippen molar-refractivity contribution in [2.45, 2.75) is 11.4 Å². The zero-order chi connectivity index (χ0) is 28.9. The molecule has 0 spiro atoms. The molecule has 1 amide bonds. The molecule has 0 saturated carbocycles. The smallest absolute Gasteiger partial charge is 0.225 e. The number of thioether (sulfide) groups is 1. The molecule has 0 atom stereocenters. The predicted molar refractivity (Wildman–Crippen MR) is 133 cm³/mol. The molecule has 3 N–H and O–H groups in total. The molecule has 2 aromatic carbocycles. The first-order valence-electron chi connectivity index (χ1n) is 10.8. The summed E-state index contributed by atoms with van der Waals surface area (Å²) in [5, 5.41) is 21.6. The van der Waals surface area contributed by atoms with Crippen LogP contribution in [0.1, 0.15) is 17.5 Å². The molecule has 0 aliphatic carbocycles. The van der Waals surface area contributed by atoms with Gasteiger partial charge in [0, 0.05) is 23.8 Å². The van der Waals surface area contributed by atoms with E-state index in [4.69, 9.17) is 19.9 Å². The van der Waals surface area contributed by atoms with E-state index in [2.05, 4.69) is 4.98 Å². The summed E-state index contributed by atoms with van der Waals surface area (Å²) in [6.07, 6.45) is -0.395. The van der Waals surface area contributed by atoms with E-state index in [0.29, 0.717) is 5.56 Å². The van der Waals surface area contributed by atoms with E-state index in [9.17, 15) is 32.9 Å². The highest BCUT2D eigenvalue weighted by atomic mass is 32.2. The van der Waals surface area contributed by atoms with Gasteiger partial charge in [-0.15, -0.1) is 11.8 Å². The first-order chi connectivity index (χ1) is 18.6. The Bertz CT molecular complexity index is 1490. The van der Waals surface area contributed by atoms with Gasteiger partial charge in [-0.05, 0) is 17.7 Å². The van der Waals surface area contributed by atoms with Crippen molar-refractivity contribution in [1.82, 2.24) is 4.98 Å². The van der Waals surface area contributed by atoms with Gasteiger partial charge in [-0.25, -0.2) is 22.5 Å². The topological polar surface area (TPSA) is 143 Å². The maximum atomic E-state index is 13.9. The molecule has 1 heterocycles. The summed E-state index contributed by atoms with van der Waals surface area (Å²) < 4.78 is 70.5. The van der Waals surface area contributed by atoms with Crippen LogP contribution in [0.15, 0.2) is 23.2 Å². The van der Waals surface area contributed by atoms with Crippen molar-refractivity contribution in [1.29, 1.82) is 10.5 Å². The Morgan fingerprint density at radius 1 is 0.974 bits per heavy atom. The molecule has 0 unspecified atom stereocenters. The van der Waals surface area contributed by atoms with Crippen LogP contribution in [-0.2, 0) is 4.79 Å². The normalized spacial score (nSPS) is 10.4. The average Bonchev–Trinajstić information content (AvgIpc) is 2.92. The second kappa shape index (κ2) is 12.2. The SMILES string of the molecule is COc1cc(-c2c(C#N)c(N)nc(SCCC(=O)Nc3c(F)c(F)cc(F)c3F)c2C#N)cc(OC)c1OC. The summed E-state index contributed by atoms with van der Waals surface area (Å²) in [5.41, 5.74) is 5.05. The number of anilines is 2. The van der Waals surface area contributed by atoms with E-state index >= 15 is 0 Å². The molecule has 0 saturated heterocycles. The van der Waals surface area contributed by atoms with Gasteiger partial charge >= 0.3 is 0 Å². The number of nitrogens with zero attached hydrogens (tertiary/aromatic N) is 3. The van der Waals surface area contributed by atoms with Gasteiger partial charge in [0.2, 0.25) is 11.7 Å². The summed E-state index contributed by atoms with van der Waals surface area (Å²) in [6.45, 7) is 0. The van der Waals surface area contributed by atoms with Gasteiger partial charge in [0.05, 0.1) is 26.9 Å². The lowest BCUT2D eigenvalue weighted by Crippen LogP contribution is -2.16. The number of nitrogen functional groups attached to an aromatic ring is 1. The molecule has 0 radical (unpaired) electrons. The van der Waals surface area contributed by atoms with Crippen LogP contribution >= 0.6 is 11.8 Å². The zero-order valence-corrected chi connectivity index (χ0v) is 21.4. The number of methoxy groups -OCH3 is 3. The van der Waals surface area contributed by atoms with E-state index in [1.807, 2.05) is 12.1 Å². The van der Waals surface area contributed by atoms with Crippen LogP contribution < -0.4 is 25.3 Å². The lowest BCUT2D eigenvalue weighted by atomic mass is 9.96. The molecule has 3 aromatic rings. The van der Waals surface area contributed by atoms with Crippen molar-refractivity contribution >= 4 is 29.2 Å². The standard InChI is InChI=1S/C25H19F4N5O4S/c1-36-16-6-11(7-17(37-2)23(16)38-3)19-12(9-30)24(32)34-25(13(19)10-31)39-5-4-18(35)33-22-20(28)14(26)8-15(27)21(22)29/h6-8H,4-5H2,1-3H3,(H2,32,34)(H,33,35). The third-order valence-electron chi connectivity index (χ3n) is 5.31. The number of hydrogen-bond donors (Lipinski definition) is 2. The molecule has 0 fully saturated rings. The number of halogens is 4. The van der Waals surface area contributed by atoms with Gasteiger partial charge in [-0.2, -0.15) is 10.5 Å². The van der Waals surface area contributed by atoms with Crippen molar-refractivity contribution < 1.29 is 36.6 Å². The Morgan fingerprint density at radius 3 is 2.03 bits per heavy atom. The highest BCUT2D eigenvalue weighted by Crippen LogP contribution is 2.44. The number of aromatic nitrogens is 1. The first kappa shape index (κ1) is 28.9. The number of ether oxygens (including phenoxy) is 3. The monoisotopic (exact) mass is 561 g/mol.